The summed E-state index contributed by atoms with van der Waals surface area (Å²) in [5.74, 6) is 1.11. The van der Waals surface area contributed by atoms with Crippen molar-refractivity contribution >= 4 is 0 Å². The van der Waals surface area contributed by atoms with Crippen molar-refractivity contribution < 1.29 is 14.9 Å². The molecule has 124 valence electrons. The highest BCUT2D eigenvalue weighted by molar-refractivity contribution is 5.36. The summed E-state index contributed by atoms with van der Waals surface area (Å²) in [5, 5.41) is 23.1. The van der Waals surface area contributed by atoms with Crippen molar-refractivity contribution in [2.24, 2.45) is 0 Å². The second-order valence-corrected chi connectivity index (χ2v) is 5.92. The van der Waals surface area contributed by atoms with Gasteiger partial charge >= 0.3 is 0 Å². The molecule has 0 aromatic heterocycles. The first kappa shape index (κ1) is 17.3. The van der Waals surface area contributed by atoms with Crippen LogP contribution in [0.15, 0.2) is 42.5 Å². The van der Waals surface area contributed by atoms with Gasteiger partial charge in [-0.2, -0.15) is 0 Å². The lowest BCUT2D eigenvalue weighted by Gasteiger charge is -2.18. The number of ether oxygens (including phenoxy) is 1. The van der Waals surface area contributed by atoms with Crippen LogP contribution in [0, 0.1) is 6.92 Å². The van der Waals surface area contributed by atoms with Crippen LogP contribution in [0.4, 0.5) is 0 Å². The number of nitrogens with one attached hydrogen (secondary N) is 1. The van der Waals surface area contributed by atoms with Crippen molar-refractivity contribution in [3.63, 3.8) is 0 Å². The normalized spacial score (nSPS) is 13.6. The maximum Gasteiger partial charge on any atom is 0.118 e. The van der Waals surface area contributed by atoms with Crippen molar-refractivity contribution in [3.05, 3.63) is 59.2 Å². The Hall–Kier alpha value is -2.04. The molecule has 0 unspecified atom stereocenters. The fourth-order valence-corrected chi connectivity index (χ4v) is 2.50. The highest BCUT2D eigenvalue weighted by atomic mass is 16.5. The maximum absolute atomic E-state index is 10.3. The van der Waals surface area contributed by atoms with Crippen LogP contribution in [0.2, 0.25) is 0 Å². The SMILES string of the molecule is COc1ccc(C[C@@H](C)NC[C@@H](O)c2ccc(O)c(C)c2)cc1. The first-order valence-electron chi connectivity index (χ1n) is 7.83. The van der Waals surface area contributed by atoms with E-state index in [1.807, 2.05) is 25.1 Å². The third-order valence-electron chi connectivity index (χ3n) is 3.97. The highest BCUT2D eigenvalue weighted by Crippen LogP contribution is 2.21. The molecule has 0 saturated carbocycles. The molecular weight excluding hydrogens is 290 g/mol. The van der Waals surface area contributed by atoms with E-state index in [-0.39, 0.29) is 11.8 Å². The van der Waals surface area contributed by atoms with Gasteiger partial charge in [-0.15, -0.1) is 0 Å². The van der Waals surface area contributed by atoms with E-state index < -0.39 is 6.10 Å². The van der Waals surface area contributed by atoms with Gasteiger partial charge in [0, 0.05) is 12.6 Å². The first-order chi connectivity index (χ1) is 11.0. The predicted molar refractivity (Wildman–Crippen MR) is 92.0 cm³/mol. The Kier molecular flexibility index (Phi) is 6.02. The molecule has 2 rings (SSSR count). The lowest BCUT2D eigenvalue weighted by Crippen LogP contribution is -2.32. The van der Waals surface area contributed by atoms with Gasteiger partial charge in [0.2, 0.25) is 0 Å². The fourth-order valence-electron chi connectivity index (χ4n) is 2.50. The number of hydrogen-bond donors (Lipinski definition) is 3. The highest BCUT2D eigenvalue weighted by Gasteiger charge is 2.11. The molecule has 3 N–H and O–H groups in total. The Morgan fingerprint density at radius 2 is 1.83 bits per heavy atom. The zero-order valence-electron chi connectivity index (χ0n) is 13.9. The number of hydrogen-bond acceptors (Lipinski definition) is 4. The molecule has 0 saturated heterocycles. The van der Waals surface area contributed by atoms with Crippen LogP contribution in [0.5, 0.6) is 11.5 Å². The number of rotatable bonds is 7. The molecule has 4 nitrogen and oxygen atoms in total. The molecule has 2 aromatic carbocycles. The van der Waals surface area contributed by atoms with Crippen LogP contribution in [0.25, 0.3) is 0 Å². The number of aliphatic hydroxyl groups excluding tert-OH is 1. The van der Waals surface area contributed by atoms with Crippen LogP contribution in [0.1, 0.15) is 29.7 Å². The number of aromatic hydroxyl groups is 1. The molecule has 0 amide bonds. The van der Waals surface area contributed by atoms with Gasteiger partial charge in [0.15, 0.2) is 0 Å². The van der Waals surface area contributed by atoms with E-state index in [1.54, 1.807) is 19.2 Å². The minimum absolute atomic E-state index is 0.247. The summed E-state index contributed by atoms with van der Waals surface area (Å²) in [6.07, 6.45) is 0.290. The number of aliphatic hydroxyl groups is 1. The van der Waals surface area contributed by atoms with E-state index in [9.17, 15) is 10.2 Å². The Morgan fingerprint density at radius 3 is 2.43 bits per heavy atom. The second-order valence-electron chi connectivity index (χ2n) is 5.92. The molecule has 0 fully saturated rings. The van der Waals surface area contributed by atoms with Gasteiger partial charge in [-0.1, -0.05) is 18.2 Å². The van der Waals surface area contributed by atoms with Crippen LogP contribution >= 0.6 is 0 Å². The molecule has 0 heterocycles. The van der Waals surface area contributed by atoms with Crippen molar-refractivity contribution in [2.75, 3.05) is 13.7 Å². The molecule has 23 heavy (non-hydrogen) atoms. The Labute approximate surface area is 137 Å². The summed E-state index contributed by atoms with van der Waals surface area (Å²) in [5.41, 5.74) is 2.80. The lowest BCUT2D eigenvalue weighted by atomic mass is 10.0. The van der Waals surface area contributed by atoms with Gasteiger partial charge in [-0.25, -0.2) is 0 Å². The van der Waals surface area contributed by atoms with Crippen molar-refractivity contribution in [2.45, 2.75) is 32.4 Å². The Bertz CT molecular complexity index is 625. The van der Waals surface area contributed by atoms with Crippen LogP contribution in [-0.2, 0) is 6.42 Å². The van der Waals surface area contributed by atoms with Gasteiger partial charge in [-0.05, 0) is 61.2 Å². The van der Waals surface area contributed by atoms with E-state index >= 15 is 0 Å². The Morgan fingerprint density at radius 1 is 1.13 bits per heavy atom. The summed E-state index contributed by atoms with van der Waals surface area (Å²) < 4.78 is 5.15. The van der Waals surface area contributed by atoms with E-state index in [4.69, 9.17) is 4.74 Å². The standard InChI is InChI=1S/C19H25NO3/c1-13-10-16(6-9-18(13)21)19(22)12-20-14(2)11-15-4-7-17(23-3)8-5-15/h4-10,14,19-22H,11-12H2,1-3H3/t14-,19-/m1/s1. The van der Waals surface area contributed by atoms with Gasteiger partial charge < -0.3 is 20.3 Å². The van der Waals surface area contributed by atoms with E-state index in [1.165, 1.54) is 5.56 Å². The summed E-state index contributed by atoms with van der Waals surface area (Å²) in [6, 6.07) is 13.4. The monoisotopic (exact) mass is 315 g/mol. The molecule has 0 aliphatic rings. The number of methoxy groups -OCH3 is 1. The molecule has 2 atom stereocenters. The number of benzene rings is 2. The third-order valence-corrected chi connectivity index (χ3v) is 3.97. The quantitative estimate of drug-likeness (QED) is 0.735. The van der Waals surface area contributed by atoms with Crippen molar-refractivity contribution in [3.8, 4) is 11.5 Å². The largest absolute Gasteiger partial charge is 0.508 e. The third kappa shape index (κ3) is 4.98. The summed E-state index contributed by atoms with van der Waals surface area (Å²) in [6.45, 7) is 4.39. The predicted octanol–water partition coefficient (Wildman–Crippen LogP) is 2.96. The molecule has 0 bridgehead atoms. The lowest BCUT2D eigenvalue weighted by molar-refractivity contribution is 0.170. The number of aryl methyl sites for hydroxylation is 1. The molecular formula is C19H25NO3. The minimum Gasteiger partial charge on any atom is -0.508 e. The maximum atomic E-state index is 10.3. The average Bonchev–Trinajstić information content (AvgIpc) is 2.56. The van der Waals surface area contributed by atoms with Gasteiger partial charge in [0.05, 0.1) is 13.2 Å². The molecule has 4 heteroatoms. The summed E-state index contributed by atoms with van der Waals surface area (Å²) in [4.78, 5) is 0. The average molecular weight is 315 g/mol. The topological polar surface area (TPSA) is 61.7 Å². The number of phenolic OH excluding ortho intramolecular Hbond substituents is 1. The smallest absolute Gasteiger partial charge is 0.118 e. The Balaban J connectivity index is 1.85. The summed E-state index contributed by atoms with van der Waals surface area (Å²) >= 11 is 0. The van der Waals surface area contributed by atoms with Gasteiger partial charge in [0.1, 0.15) is 11.5 Å². The second kappa shape index (κ2) is 7.99. The summed E-state index contributed by atoms with van der Waals surface area (Å²) in [7, 11) is 1.66. The van der Waals surface area contributed by atoms with Crippen molar-refractivity contribution in [1.29, 1.82) is 0 Å². The minimum atomic E-state index is -0.590. The molecule has 0 radical (unpaired) electrons. The van der Waals surface area contributed by atoms with E-state index in [0.717, 1.165) is 23.3 Å². The molecule has 2 aromatic rings. The van der Waals surface area contributed by atoms with E-state index in [0.29, 0.717) is 6.54 Å². The van der Waals surface area contributed by atoms with Crippen LogP contribution in [-0.4, -0.2) is 29.9 Å². The molecule has 0 aliphatic heterocycles. The van der Waals surface area contributed by atoms with Gasteiger partial charge in [0.25, 0.3) is 0 Å². The van der Waals surface area contributed by atoms with Gasteiger partial charge in [-0.3, -0.25) is 0 Å². The fraction of sp³-hybridized carbons (Fsp3) is 0.368. The molecule has 0 aliphatic carbocycles. The first-order valence-corrected chi connectivity index (χ1v) is 7.83. The zero-order chi connectivity index (χ0) is 16.8. The van der Waals surface area contributed by atoms with E-state index in [2.05, 4.69) is 24.4 Å². The van der Waals surface area contributed by atoms with Crippen molar-refractivity contribution in [1.82, 2.24) is 5.32 Å². The number of phenols is 1. The molecule has 0 spiro atoms. The van der Waals surface area contributed by atoms with Crippen LogP contribution in [0.3, 0.4) is 0 Å². The van der Waals surface area contributed by atoms with Crippen LogP contribution < -0.4 is 10.1 Å². The zero-order valence-corrected chi connectivity index (χ0v) is 13.9.